The smallest absolute Gasteiger partial charge is 0.302 e. The molecule has 4 rings (SSSR count). The zero-order valence-electron chi connectivity index (χ0n) is 16.4. The van der Waals surface area contributed by atoms with Crippen molar-refractivity contribution in [1.29, 1.82) is 0 Å². The molecule has 29 heavy (non-hydrogen) atoms. The van der Waals surface area contributed by atoms with Gasteiger partial charge in [0.1, 0.15) is 0 Å². The topological polar surface area (TPSA) is 29.0 Å². The molecule has 0 saturated carbocycles. The van der Waals surface area contributed by atoms with Crippen LogP contribution in [0.3, 0.4) is 0 Å². The second-order valence-corrected chi connectivity index (χ2v) is 7.68. The number of aromatic nitrogens is 2. The van der Waals surface area contributed by atoms with Crippen molar-refractivity contribution in [2.75, 3.05) is 13.6 Å². The molecule has 0 aliphatic carbocycles. The van der Waals surface area contributed by atoms with E-state index in [1.165, 1.54) is 12.1 Å². The standard InChI is InChI=1S/C23H22F3N3/c1-15-6-9-22(28-27-15)17-7-8-20-18(12-17)14-29(2)11-10-21(20)16-4-3-5-19(13-16)23(24,25)26/h3-9,12-13,21H,10-11,14H2,1-2H3. The van der Waals surface area contributed by atoms with Crippen molar-refractivity contribution in [3.8, 4) is 11.3 Å². The first kappa shape index (κ1) is 19.6. The first-order chi connectivity index (χ1) is 13.8. The molecule has 0 radical (unpaired) electrons. The van der Waals surface area contributed by atoms with Crippen molar-refractivity contribution in [2.24, 2.45) is 0 Å². The van der Waals surface area contributed by atoms with Gasteiger partial charge in [0.05, 0.1) is 17.0 Å². The number of fused-ring (bicyclic) bond motifs is 1. The van der Waals surface area contributed by atoms with Gasteiger partial charge in [0.25, 0.3) is 0 Å². The quantitative estimate of drug-likeness (QED) is 0.577. The third-order valence-electron chi connectivity index (χ3n) is 5.47. The molecule has 1 atom stereocenters. The van der Waals surface area contributed by atoms with Crippen LogP contribution in [0.25, 0.3) is 11.3 Å². The zero-order chi connectivity index (χ0) is 20.6. The summed E-state index contributed by atoms with van der Waals surface area (Å²) in [6, 6.07) is 15.7. The van der Waals surface area contributed by atoms with Crippen LogP contribution in [0.1, 0.15) is 40.3 Å². The van der Waals surface area contributed by atoms with Gasteiger partial charge >= 0.3 is 6.18 Å². The molecule has 6 heteroatoms. The molecule has 2 heterocycles. The summed E-state index contributed by atoms with van der Waals surface area (Å²) >= 11 is 0. The minimum atomic E-state index is -4.34. The van der Waals surface area contributed by atoms with Crippen LogP contribution in [0, 0.1) is 6.92 Å². The molecule has 1 unspecified atom stereocenters. The highest BCUT2D eigenvalue weighted by molar-refractivity contribution is 5.61. The average molecular weight is 397 g/mol. The number of benzene rings is 2. The molecule has 1 aromatic heterocycles. The van der Waals surface area contributed by atoms with E-state index in [0.717, 1.165) is 53.7 Å². The van der Waals surface area contributed by atoms with E-state index in [2.05, 4.69) is 21.2 Å². The summed E-state index contributed by atoms with van der Waals surface area (Å²) in [7, 11) is 2.04. The van der Waals surface area contributed by atoms with Gasteiger partial charge in [0, 0.05) is 18.0 Å². The van der Waals surface area contributed by atoms with E-state index in [9.17, 15) is 13.2 Å². The lowest BCUT2D eigenvalue weighted by Gasteiger charge is -2.20. The van der Waals surface area contributed by atoms with Crippen LogP contribution < -0.4 is 0 Å². The molecule has 1 aliphatic rings. The lowest BCUT2D eigenvalue weighted by atomic mass is 9.85. The maximum atomic E-state index is 13.2. The van der Waals surface area contributed by atoms with E-state index >= 15 is 0 Å². The Balaban J connectivity index is 1.77. The van der Waals surface area contributed by atoms with Crippen molar-refractivity contribution in [1.82, 2.24) is 15.1 Å². The van der Waals surface area contributed by atoms with Gasteiger partial charge in [-0.25, -0.2) is 0 Å². The van der Waals surface area contributed by atoms with E-state index < -0.39 is 11.7 Å². The van der Waals surface area contributed by atoms with Gasteiger partial charge in [-0.3, -0.25) is 0 Å². The van der Waals surface area contributed by atoms with Crippen LogP contribution in [0.2, 0.25) is 0 Å². The van der Waals surface area contributed by atoms with Crippen molar-refractivity contribution in [2.45, 2.75) is 32.0 Å². The summed E-state index contributed by atoms with van der Waals surface area (Å²) in [6.07, 6.45) is -3.57. The molecule has 150 valence electrons. The van der Waals surface area contributed by atoms with Crippen molar-refractivity contribution < 1.29 is 13.2 Å². The lowest BCUT2D eigenvalue weighted by Crippen LogP contribution is -2.17. The van der Waals surface area contributed by atoms with Crippen molar-refractivity contribution in [3.05, 3.63) is 82.5 Å². The van der Waals surface area contributed by atoms with Gasteiger partial charge < -0.3 is 4.90 Å². The Morgan fingerprint density at radius 3 is 2.55 bits per heavy atom. The van der Waals surface area contributed by atoms with E-state index in [1.807, 2.05) is 38.2 Å². The van der Waals surface area contributed by atoms with Crippen LogP contribution in [-0.4, -0.2) is 28.7 Å². The van der Waals surface area contributed by atoms with E-state index in [1.54, 1.807) is 6.07 Å². The fraction of sp³-hybridized carbons (Fsp3) is 0.304. The first-order valence-electron chi connectivity index (χ1n) is 9.60. The number of hydrogen-bond acceptors (Lipinski definition) is 3. The molecule has 0 fully saturated rings. The molecule has 3 nitrogen and oxygen atoms in total. The van der Waals surface area contributed by atoms with Crippen LogP contribution in [0.4, 0.5) is 13.2 Å². The highest BCUT2D eigenvalue weighted by atomic mass is 19.4. The summed E-state index contributed by atoms with van der Waals surface area (Å²) in [5, 5.41) is 8.40. The fourth-order valence-electron chi connectivity index (χ4n) is 3.95. The Morgan fingerprint density at radius 2 is 1.83 bits per heavy atom. The van der Waals surface area contributed by atoms with Crippen LogP contribution in [0.5, 0.6) is 0 Å². The monoisotopic (exact) mass is 397 g/mol. The second-order valence-electron chi connectivity index (χ2n) is 7.68. The Bertz CT molecular complexity index is 1010. The van der Waals surface area contributed by atoms with Gasteiger partial charge in [-0.05, 0) is 67.9 Å². The molecule has 0 bridgehead atoms. The number of aryl methyl sites for hydroxylation is 1. The summed E-state index contributed by atoms with van der Waals surface area (Å²) in [5.74, 6) is -0.0737. The van der Waals surface area contributed by atoms with Crippen LogP contribution in [-0.2, 0) is 12.7 Å². The van der Waals surface area contributed by atoms with Gasteiger partial charge in [-0.2, -0.15) is 23.4 Å². The van der Waals surface area contributed by atoms with Gasteiger partial charge in [0.15, 0.2) is 0 Å². The third kappa shape index (κ3) is 4.17. The first-order valence-corrected chi connectivity index (χ1v) is 9.60. The van der Waals surface area contributed by atoms with Crippen molar-refractivity contribution in [3.63, 3.8) is 0 Å². The predicted octanol–water partition coefficient (Wildman–Crippen LogP) is 5.44. The Kier molecular flexibility index (Phi) is 5.13. The number of hydrogen-bond donors (Lipinski definition) is 0. The summed E-state index contributed by atoms with van der Waals surface area (Å²) in [4.78, 5) is 2.21. The van der Waals surface area contributed by atoms with E-state index in [-0.39, 0.29) is 5.92 Å². The van der Waals surface area contributed by atoms with Crippen molar-refractivity contribution >= 4 is 0 Å². The van der Waals surface area contributed by atoms with Crippen LogP contribution >= 0.6 is 0 Å². The Hall–Kier alpha value is -2.73. The number of rotatable bonds is 2. The Morgan fingerprint density at radius 1 is 1.00 bits per heavy atom. The number of nitrogens with zero attached hydrogens (tertiary/aromatic N) is 3. The maximum absolute atomic E-state index is 13.2. The highest BCUT2D eigenvalue weighted by Gasteiger charge is 2.32. The molecule has 0 saturated heterocycles. The second kappa shape index (κ2) is 7.59. The van der Waals surface area contributed by atoms with Crippen LogP contribution in [0.15, 0.2) is 54.6 Å². The van der Waals surface area contributed by atoms with Gasteiger partial charge in [-0.1, -0.05) is 30.3 Å². The molecular formula is C23H22F3N3. The lowest BCUT2D eigenvalue weighted by molar-refractivity contribution is -0.137. The van der Waals surface area contributed by atoms with E-state index in [4.69, 9.17) is 0 Å². The molecule has 2 aromatic carbocycles. The highest BCUT2D eigenvalue weighted by Crippen LogP contribution is 2.38. The minimum absolute atomic E-state index is 0.0737. The van der Waals surface area contributed by atoms with Gasteiger partial charge in [-0.15, -0.1) is 0 Å². The normalized spacial score (nSPS) is 17.6. The minimum Gasteiger partial charge on any atom is -0.302 e. The molecule has 0 spiro atoms. The summed E-state index contributed by atoms with van der Waals surface area (Å²) in [5.41, 5.74) is 4.92. The maximum Gasteiger partial charge on any atom is 0.416 e. The third-order valence-corrected chi connectivity index (χ3v) is 5.47. The largest absolute Gasteiger partial charge is 0.416 e. The fourth-order valence-corrected chi connectivity index (χ4v) is 3.95. The average Bonchev–Trinajstić information content (AvgIpc) is 2.85. The summed E-state index contributed by atoms with van der Waals surface area (Å²) in [6.45, 7) is 3.45. The summed E-state index contributed by atoms with van der Waals surface area (Å²) < 4.78 is 39.7. The molecular weight excluding hydrogens is 375 g/mol. The van der Waals surface area contributed by atoms with Gasteiger partial charge in [0.2, 0.25) is 0 Å². The Labute approximate surface area is 168 Å². The number of halogens is 3. The zero-order valence-corrected chi connectivity index (χ0v) is 16.4. The molecule has 0 N–H and O–H groups in total. The number of alkyl halides is 3. The molecule has 1 aliphatic heterocycles. The molecule has 3 aromatic rings. The molecule has 0 amide bonds. The van der Waals surface area contributed by atoms with E-state index in [0.29, 0.717) is 5.56 Å². The SMILES string of the molecule is Cc1ccc(-c2ccc3c(c2)CN(C)CCC3c2cccc(C(F)(F)F)c2)nn1. The predicted molar refractivity (Wildman–Crippen MR) is 106 cm³/mol.